The van der Waals surface area contributed by atoms with Gasteiger partial charge < -0.3 is 14.4 Å². The second-order valence-corrected chi connectivity index (χ2v) is 8.37. The highest BCUT2D eigenvalue weighted by Crippen LogP contribution is 2.42. The Bertz CT molecular complexity index is 659. The summed E-state index contributed by atoms with van der Waals surface area (Å²) < 4.78 is 10.8. The van der Waals surface area contributed by atoms with Gasteiger partial charge in [-0.25, -0.2) is 4.79 Å². The second kappa shape index (κ2) is 9.49. The smallest absolute Gasteiger partial charge is 0.329 e. The van der Waals surface area contributed by atoms with E-state index in [2.05, 4.69) is 0 Å². The number of thioether (sulfide) groups is 1. The van der Waals surface area contributed by atoms with Gasteiger partial charge >= 0.3 is 5.97 Å². The molecule has 0 N–H and O–H groups in total. The van der Waals surface area contributed by atoms with E-state index in [1.807, 2.05) is 19.1 Å². The number of carbonyl (C=O) groups is 2. The molecular formula is C21H29NO4S. The van der Waals surface area contributed by atoms with E-state index < -0.39 is 6.04 Å². The summed E-state index contributed by atoms with van der Waals surface area (Å²) in [5.74, 6) is 1.16. The number of methoxy groups -OCH3 is 1. The van der Waals surface area contributed by atoms with E-state index in [1.165, 1.54) is 19.3 Å². The van der Waals surface area contributed by atoms with Crippen molar-refractivity contribution in [1.82, 2.24) is 4.90 Å². The van der Waals surface area contributed by atoms with Gasteiger partial charge in [-0.05, 0) is 37.3 Å². The fraction of sp³-hybridized carbons (Fsp3) is 0.619. The molecule has 0 spiro atoms. The van der Waals surface area contributed by atoms with Crippen LogP contribution in [-0.4, -0.2) is 47.7 Å². The average molecular weight is 392 g/mol. The molecule has 6 heteroatoms. The van der Waals surface area contributed by atoms with Gasteiger partial charge in [-0.2, -0.15) is 0 Å². The van der Waals surface area contributed by atoms with E-state index in [9.17, 15) is 9.59 Å². The molecule has 1 aromatic carbocycles. The van der Waals surface area contributed by atoms with E-state index in [1.54, 1.807) is 35.9 Å². The molecule has 3 rings (SSSR count). The van der Waals surface area contributed by atoms with Crippen molar-refractivity contribution in [1.29, 1.82) is 0 Å². The van der Waals surface area contributed by atoms with Gasteiger partial charge in [-0.3, -0.25) is 4.79 Å². The minimum absolute atomic E-state index is 0.0295. The Kier molecular flexibility index (Phi) is 7.05. The second-order valence-electron chi connectivity index (χ2n) is 7.22. The lowest BCUT2D eigenvalue weighted by Crippen LogP contribution is -2.48. The van der Waals surface area contributed by atoms with E-state index in [0.29, 0.717) is 29.6 Å². The normalized spacial score (nSPS) is 23.3. The third-order valence-electron chi connectivity index (χ3n) is 5.38. The van der Waals surface area contributed by atoms with Crippen LogP contribution in [0, 0.1) is 5.92 Å². The Labute approximate surface area is 165 Å². The molecule has 2 unspecified atom stereocenters. The fourth-order valence-corrected chi connectivity index (χ4v) is 5.63. The number of rotatable bonds is 6. The molecule has 1 heterocycles. The summed E-state index contributed by atoms with van der Waals surface area (Å²) in [6.45, 7) is 2.37. The van der Waals surface area contributed by atoms with Gasteiger partial charge in [-0.15, -0.1) is 11.8 Å². The number of esters is 1. The van der Waals surface area contributed by atoms with E-state index in [-0.39, 0.29) is 17.3 Å². The van der Waals surface area contributed by atoms with Gasteiger partial charge in [0.05, 0.1) is 24.7 Å². The summed E-state index contributed by atoms with van der Waals surface area (Å²) in [7, 11) is 1.57. The maximum Gasteiger partial charge on any atom is 0.329 e. The maximum atomic E-state index is 13.5. The van der Waals surface area contributed by atoms with Crippen LogP contribution in [0.5, 0.6) is 5.75 Å². The Morgan fingerprint density at radius 2 is 1.93 bits per heavy atom. The largest absolute Gasteiger partial charge is 0.496 e. The van der Waals surface area contributed by atoms with E-state index in [0.717, 1.165) is 19.3 Å². The van der Waals surface area contributed by atoms with Crippen LogP contribution in [-0.2, 0) is 9.53 Å². The highest BCUT2D eigenvalue weighted by atomic mass is 32.2. The molecule has 148 valence electrons. The molecule has 1 amide bonds. The highest BCUT2D eigenvalue weighted by molar-refractivity contribution is 8.00. The van der Waals surface area contributed by atoms with Crippen molar-refractivity contribution >= 4 is 23.6 Å². The van der Waals surface area contributed by atoms with Crippen molar-refractivity contribution in [3.05, 3.63) is 29.8 Å². The number of para-hydroxylation sites is 1. The molecule has 1 aliphatic carbocycles. The standard InChI is InChI=1S/C21H29NO4S/c1-3-13-26-21(24)17-14-27-20(15-9-5-4-6-10-15)22(17)19(23)16-11-7-8-12-18(16)25-2/h7-8,11-12,15,17,20H,3-6,9-10,13-14H2,1-2H3. The first kappa shape index (κ1) is 20.1. The summed E-state index contributed by atoms with van der Waals surface area (Å²) in [6, 6.07) is 6.72. The van der Waals surface area contributed by atoms with Crippen LogP contribution in [0.1, 0.15) is 55.8 Å². The van der Waals surface area contributed by atoms with Crippen molar-refractivity contribution < 1.29 is 19.1 Å². The number of carbonyl (C=O) groups excluding carboxylic acids is 2. The van der Waals surface area contributed by atoms with Crippen LogP contribution >= 0.6 is 11.8 Å². The van der Waals surface area contributed by atoms with Crippen LogP contribution in [0.25, 0.3) is 0 Å². The third-order valence-corrected chi connectivity index (χ3v) is 6.84. The average Bonchev–Trinajstić information content (AvgIpc) is 3.17. The Hall–Kier alpha value is -1.69. The SMILES string of the molecule is CCCOC(=O)C1CSC(C2CCCCC2)N1C(=O)c1ccccc1OC. The van der Waals surface area contributed by atoms with Crippen molar-refractivity contribution in [2.24, 2.45) is 5.92 Å². The van der Waals surface area contributed by atoms with Crippen molar-refractivity contribution in [2.75, 3.05) is 19.5 Å². The van der Waals surface area contributed by atoms with Crippen molar-refractivity contribution in [3.63, 3.8) is 0 Å². The quantitative estimate of drug-likeness (QED) is 0.683. The highest BCUT2D eigenvalue weighted by Gasteiger charge is 2.46. The minimum Gasteiger partial charge on any atom is -0.496 e. The third kappa shape index (κ3) is 4.42. The first-order chi connectivity index (χ1) is 13.2. The van der Waals surface area contributed by atoms with E-state index >= 15 is 0 Å². The Morgan fingerprint density at radius 3 is 2.63 bits per heavy atom. The zero-order valence-electron chi connectivity index (χ0n) is 16.2. The van der Waals surface area contributed by atoms with Crippen molar-refractivity contribution in [2.45, 2.75) is 56.9 Å². The number of amides is 1. The van der Waals surface area contributed by atoms with Crippen LogP contribution in [0.15, 0.2) is 24.3 Å². The lowest BCUT2D eigenvalue weighted by atomic mass is 9.88. The molecule has 2 atom stereocenters. The number of ether oxygens (including phenoxy) is 2. The molecule has 0 aromatic heterocycles. The fourth-order valence-electron chi connectivity index (χ4n) is 4.01. The predicted molar refractivity (Wildman–Crippen MR) is 107 cm³/mol. The molecule has 1 saturated heterocycles. The molecule has 0 radical (unpaired) electrons. The van der Waals surface area contributed by atoms with Crippen LogP contribution < -0.4 is 4.74 Å². The number of nitrogens with zero attached hydrogens (tertiary/aromatic N) is 1. The summed E-state index contributed by atoms with van der Waals surface area (Å²) in [4.78, 5) is 28.0. The molecule has 2 aliphatic rings. The summed E-state index contributed by atoms with van der Waals surface area (Å²) in [5, 5.41) is 0.0295. The summed E-state index contributed by atoms with van der Waals surface area (Å²) in [5.41, 5.74) is 0.511. The minimum atomic E-state index is -0.522. The van der Waals surface area contributed by atoms with E-state index in [4.69, 9.17) is 9.47 Å². The monoisotopic (exact) mass is 391 g/mol. The molecular weight excluding hydrogens is 362 g/mol. The van der Waals surface area contributed by atoms with Crippen LogP contribution in [0.4, 0.5) is 0 Å². The number of hydrogen-bond donors (Lipinski definition) is 0. The Morgan fingerprint density at radius 1 is 1.19 bits per heavy atom. The Balaban J connectivity index is 1.89. The van der Waals surface area contributed by atoms with Gasteiger partial charge in [0.15, 0.2) is 0 Å². The molecule has 5 nitrogen and oxygen atoms in total. The number of hydrogen-bond acceptors (Lipinski definition) is 5. The lowest BCUT2D eigenvalue weighted by molar-refractivity contribution is -0.148. The summed E-state index contributed by atoms with van der Waals surface area (Å²) in [6.07, 6.45) is 6.66. The van der Waals surface area contributed by atoms with Gasteiger partial charge in [0.2, 0.25) is 0 Å². The summed E-state index contributed by atoms with van der Waals surface area (Å²) >= 11 is 1.73. The zero-order valence-corrected chi connectivity index (χ0v) is 17.0. The van der Waals surface area contributed by atoms with Gasteiger partial charge in [0, 0.05) is 5.75 Å². The van der Waals surface area contributed by atoms with Gasteiger partial charge in [-0.1, -0.05) is 38.3 Å². The molecule has 1 aliphatic heterocycles. The molecule has 0 bridgehead atoms. The molecule has 1 saturated carbocycles. The van der Waals surface area contributed by atoms with Gasteiger partial charge in [0.1, 0.15) is 11.8 Å². The molecule has 1 aromatic rings. The first-order valence-corrected chi connectivity index (χ1v) is 11.0. The van der Waals surface area contributed by atoms with Crippen LogP contribution in [0.2, 0.25) is 0 Å². The molecule has 27 heavy (non-hydrogen) atoms. The zero-order chi connectivity index (χ0) is 19.2. The topological polar surface area (TPSA) is 55.8 Å². The van der Waals surface area contributed by atoms with Crippen molar-refractivity contribution in [3.8, 4) is 5.75 Å². The van der Waals surface area contributed by atoms with Crippen LogP contribution in [0.3, 0.4) is 0 Å². The maximum absolute atomic E-state index is 13.5. The molecule has 2 fully saturated rings. The number of benzene rings is 1. The first-order valence-electron chi connectivity index (χ1n) is 9.91. The lowest BCUT2D eigenvalue weighted by Gasteiger charge is -2.35. The predicted octanol–water partition coefficient (Wildman–Crippen LogP) is 4.11. The van der Waals surface area contributed by atoms with Gasteiger partial charge in [0.25, 0.3) is 5.91 Å².